The number of aliphatic hydroxyl groups excluding tert-OH is 3. The van der Waals surface area contributed by atoms with Crippen molar-refractivity contribution in [2.75, 3.05) is 6.61 Å². The van der Waals surface area contributed by atoms with Gasteiger partial charge in [0.15, 0.2) is 0 Å². The van der Waals surface area contributed by atoms with Gasteiger partial charge in [0.2, 0.25) is 0 Å². The van der Waals surface area contributed by atoms with Gasteiger partial charge in [-0.25, -0.2) is 0 Å². The lowest BCUT2D eigenvalue weighted by Crippen LogP contribution is -2.29. The lowest BCUT2D eigenvalue weighted by atomic mass is 10.1. The molecule has 0 aliphatic rings. The van der Waals surface area contributed by atoms with Crippen LogP contribution in [0.25, 0.3) is 0 Å². The van der Waals surface area contributed by atoms with Gasteiger partial charge in [0.25, 0.3) is 0 Å². The first-order valence-corrected chi connectivity index (χ1v) is 3.13. The van der Waals surface area contributed by atoms with Gasteiger partial charge in [0, 0.05) is 6.42 Å². The van der Waals surface area contributed by atoms with E-state index in [1.54, 1.807) is 0 Å². The third-order valence-electron chi connectivity index (χ3n) is 1.21. The van der Waals surface area contributed by atoms with Gasteiger partial charge in [-0.15, -0.1) is 0 Å². The highest BCUT2D eigenvalue weighted by Gasteiger charge is 2.13. The number of carbonyl (C=O) groups is 1. The van der Waals surface area contributed by atoms with E-state index in [0.29, 0.717) is 6.29 Å². The van der Waals surface area contributed by atoms with Crippen molar-refractivity contribution >= 4 is 6.29 Å². The topological polar surface area (TPSA) is 77.8 Å². The smallest absolute Gasteiger partial charge is 0.120 e. The molecule has 3 N–H and O–H groups in total. The van der Waals surface area contributed by atoms with Gasteiger partial charge in [-0.1, -0.05) is 0 Å². The lowest BCUT2D eigenvalue weighted by molar-refractivity contribution is -0.108. The van der Waals surface area contributed by atoms with Crippen molar-refractivity contribution in [3.8, 4) is 0 Å². The number of carbonyl (C=O) groups excluding carboxylic acids is 1. The Labute approximate surface area is 59.1 Å². The van der Waals surface area contributed by atoms with Crippen LogP contribution in [0.1, 0.15) is 12.8 Å². The fraction of sp³-hybridized carbons (Fsp3) is 0.833. The molecule has 0 spiro atoms. The van der Waals surface area contributed by atoms with Crippen molar-refractivity contribution < 1.29 is 20.1 Å². The van der Waals surface area contributed by atoms with Crippen molar-refractivity contribution in [1.29, 1.82) is 0 Å². The number of hydrogen-bond acceptors (Lipinski definition) is 4. The van der Waals surface area contributed by atoms with Crippen LogP contribution in [0.2, 0.25) is 0 Å². The average molecular weight is 148 g/mol. The molecule has 0 radical (unpaired) electrons. The monoisotopic (exact) mass is 148 g/mol. The first-order valence-electron chi connectivity index (χ1n) is 3.13. The molecule has 0 rings (SSSR count). The molecular weight excluding hydrogens is 136 g/mol. The van der Waals surface area contributed by atoms with Crippen molar-refractivity contribution in [3.05, 3.63) is 0 Å². The summed E-state index contributed by atoms with van der Waals surface area (Å²) in [4.78, 5) is 9.76. The highest BCUT2D eigenvalue weighted by atomic mass is 16.4. The molecule has 10 heavy (non-hydrogen) atoms. The molecule has 0 aliphatic carbocycles. The van der Waals surface area contributed by atoms with Crippen LogP contribution in [-0.2, 0) is 4.79 Å². The molecular formula is C6H12O4. The van der Waals surface area contributed by atoms with Crippen molar-refractivity contribution in [2.24, 2.45) is 0 Å². The minimum absolute atomic E-state index is 0.200. The average Bonchev–Trinajstić information content (AvgIpc) is 1.98. The predicted molar refractivity (Wildman–Crippen MR) is 34.4 cm³/mol. The van der Waals surface area contributed by atoms with E-state index < -0.39 is 18.8 Å². The summed E-state index contributed by atoms with van der Waals surface area (Å²) in [6, 6.07) is 0. The minimum atomic E-state index is -1.13. The van der Waals surface area contributed by atoms with Crippen molar-refractivity contribution in [3.63, 3.8) is 0 Å². The van der Waals surface area contributed by atoms with Crippen LogP contribution in [0.3, 0.4) is 0 Å². The van der Waals surface area contributed by atoms with Crippen LogP contribution < -0.4 is 0 Å². The zero-order valence-electron chi connectivity index (χ0n) is 5.60. The number of rotatable bonds is 5. The molecule has 4 nitrogen and oxygen atoms in total. The summed E-state index contributed by atoms with van der Waals surface area (Å²) in [5.41, 5.74) is 0. The Morgan fingerprint density at radius 2 is 1.90 bits per heavy atom. The third-order valence-corrected chi connectivity index (χ3v) is 1.21. The van der Waals surface area contributed by atoms with Gasteiger partial charge < -0.3 is 20.1 Å². The first-order chi connectivity index (χ1) is 4.72. The lowest BCUT2D eigenvalue weighted by Gasteiger charge is -2.13. The molecule has 0 amide bonds. The SMILES string of the molecule is O=CCCC(O)C(O)CO. The second kappa shape index (κ2) is 5.34. The molecule has 4 heteroatoms. The van der Waals surface area contributed by atoms with Gasteiger partial charge in [0.05, 0.1) is 12.7 Å². The maximum absolute atomic E-state index is 9.76. The Morgan fingerprint density at radius 1 is 1.30 bits per heavy atom. The summed E-state index contributed by atoms with van der Waals surface area (Å²) in [5, 5.41) is 25.9. The van der Waals surface area contributed by atoms with Crippen molar-refractivity contribution in [2.45, 2.75) is 25.0 Å². The van der Waals surface area contributed by atoms with Crippen LogP contribution in [0.4, 0.5) is 0 Å². The van der Waals surface area contributed by atoms with Gasteiger partial charge in [-0.3, -0.25) is 0 Å². The summed E-state index contributed by atoms with van der Waals surface area (Å²) in [6.45, 7) is -0.472. The van der Waals surface area contributed by atoms with Gasteiger partial charge in [-0.2, -0.15) is 0 Å². The Bertz CT molecular complexity index is 93.7. The van der Waals surface area contributed by atoms with Crippen LogP contribution in [0, 0.1) is 0 Å². The van der Waals surface area contributed by atoms with Gasteiger partial charge in [0.1, 0.15) is 12.4 Å². The van der Waals surface area contributed by atoms with Gasteiger partial charge in [-0.05, 0) is 6.42 Å². The standard InChI is InChI=1S/C6H12O4/c7-3-1-2-5(9)6(10)4-8/h3,5-6,8-10H,1-2,4H2. The molecule has 2 unspecified atom stereocenters. The van der Waals surface area contributed by atoms with Crippen LogP contribution in [0.15, 0.2) is 0 Å². The van der Waals surface area contributed by atoms with Crippen molar-refractivity contribution in [1.82, 2.24) is 0 Å². The van der Waals surface area contributed by atoms with E-state index in [2.05, 4.69) is 0 Å². The highest BCUT2D eigenvalue weighted by molar-refractivity contribution is 5.49. The van der Waals surface area contributed by atoms with E-state index in [1.165, 1.54) is 0 Å². The molecule has 0 fully saturated rings. The summed E-state index contributed by atoms with van der Waals surface area (Å²) in [6.07, 6.45) is -1.05. The van der Waals surface area contributed by atoms with Crippen LogP contribution in [-0.4, -0.2) is 40.4 Å². The second-order valence-corrected chi connectivity index (χ2v) is 2.06. The quantitative estimate of drug-likeness (QED) is 0.422. The molecule has 0 saturated heterocycles. The molecule has 0 heterocycles. The summed E-state index contributed by atoms with van der Waals surface area (Å²) in [5.74, 6) is 0. The van der Waals surface area contributed by atoms with E-state index in [4.69, 9.17) is 15.3 Å². The predicted octanol–water partition coefficient (Wildman–Crippen LogP) is -1.32. The van der Waals surface area contributed by atoms with E-state index in [-0.39, 0.29) is 12.8 Å². The fourth-order valence-electron chi connectivity index (χ4n) is 0.553. The second-order valence-electron chi connectivity index (χ2n) is 2.06. The molecule has 2 atom stereocenters. The van der Waals surface area contributed by atoms with Gasteiger partial charge >= 0.3 is 0 Å². The Kier molecular flexibility index (Phi) is 5.10. The van der Waals surface area contributed by atoms with Crippen LogP contribution in [0.5, 0.6) is 0 Å². The zero-order chi connectivity index (χ0) is 7.98. The Balaban J connectivity index is 3.40. The highest BCUT2D eigenvalue weighted by Crippen LogP contribution is 1.99. The van der Waals surface area contributed by atoms with E-state index in [0.717, 1.165) is 0 Å². The van der Waals surface area contributed by atoms with E-state index in [9.17, 15) is 4.79 Å². The summed E-state index contributed by atoms with van der Waals surface area (Å²) >= 11 is 0. The van der Waals surface area contributed by atoms with E-state index >= 15 is 0 Å². The number of aldehydes is 1. The Hall–Kier alpha value is -0.450. The van der Waals surface area contributed by atoms with Crippen LogP contribution >= 0.6 is 0 Å². The summed E-state index contributed by atoms with van der Waals surface area (Å²) in [7, 11) is 0. The molecule has 0 aliphatic heterocycles. The maximum atomic E-state index is 9.76. The molecule has 0 bridgehead atoms. The number of hydrogen-bond donors (Lipinski definition) is 3. The molecule has 0 aromatic heterocycles. The number of aliphatic hydroxyl groups is 3. The zero-order valence-corrected chi connectivity index (χ0v) is 5.60. The Morgan fingerprint density at radius 3 is 2.30 bits per heavy atom. The molecule has 0 saturated carbocycles. The maximum Gasteiger partial charge on any atom is 0.120 e. The first kappa shape index (κ1) is 9.55. The molecule has 0 aromatic carbocycles. The largest absolute Gasteiger partial charge is 0.394 e. The fourth-order valence-corrected chi connectivity index (χ4v) is 0.553. The summed E-state index contributed by atoms with van der Waals surface area (Å²) < 4.78 is 0. The minimum Gasteiger partial charge on any atom is -0.394 e. The van der Waals surface area contributed by atoms with E-state index in [1.807, 2.05) is 0 Å². The molecule has 60 valence electrons. The normalized spacial score (nSPS) is 16.3. The third kappa shape index (κ3) is 3.55. The molecule has 0 aromatic rings.